The highest BCUT2D eigenvalue weighted by Gasteiger charge is 2.26. The third-order valence-corrected chi connectivity index (χ3v) is 2.06. The molecule has 0 saturated carbocycles. The molecule has 1 aromatic rings. The lowest BCUT2D eigenvalue weighted by Gasteiger charge is -2.10. The Hall–Kier alpha value is -1.56. The molecule has 0 heterocycles. The number of hydrogen-bond acceptors (Lipinski definition) is 3. The quantitative estimate of drug-likeness (QED) is 0.828. The van der Waals surface area contributed by atoms with E-state index >= 15 is 0 Å². The largest absolute Gasteiger partial charge is 0.465 e. The topological polar surface area (TPSA) is 38.3 Å². The molecule has 0 aliphatic heterocycles. The number of rotatable bonds is 4. The number of hydrogen-bond donors (Lipinski definition) is 1. The molecule has 0 aliphatic rings. The van der Waals surface area contributed by atoms with Gasteiger partial charge < -0.3 is 10.1 Å². The summed E-state index contributed by atoms with van der Waals surface area (Å²) in [5.74, 6) is -0.561. The first-order chi connectivity index (χ1) is 7.94. The monoisotopic (exact) mass is 247 g/mol. The summed E-state index contributed by atoms with van der Waals surface area (Å²) in [6.07, 6.45) is -4.26. The number of carbonyl (C=O) groups excluding carboxylic acids is 1. The van der Waals surface area contributed by atoms with E-state index in [1.54, 1.807) is 18.2 Å². The molecule has 0 unspecified atom stereocenters. The van der Waals surface area contributed by atoms with Gasteiger partial charge in [-0.1, -0.05) is 18.2 Å². The molecule has 0 atom stereocenters. The molecular formula is C11H12F3NO2. The Morgan fingerprint density at radius 2 is 2.00 bits per heavy atom. The van der Waals surface area contributed by atoms with Gasteiger partial charge in [0.15, 0.2) is 0 Å². The molecule has 3 nitrogen and oxygen atoms in total. The average molecular weight is 247 g/mol. The first-order valence-corrected chi connectivity index (χ1v) is 4.88. The number of methoxy groups -OCH3 is 1. The molecule has 0 aliphatic carbocycles. The second-order valence-corrected chi connectivity index (χ2v) is 3.37. The fourth-order valence-electron chi connectivity index (χ4n) is 1.32. The Morgan fingerprint density at radius 3 is 2.59 bits per heavy atom. The van der Waals surface area contributed by atoms with E-state index < -0.39 is 18.7 Å². The molecule has 0 amide bonds. The highest BCUT2D eigenvalue weighted by atomic mass is 19.4. The summed E-state index contributed by atoms with van der Waals surface area (Å²) in [6, 6.07) is 6.36. The number of halogens is 3. The summed E-state index contributed by atoms with van der Waals surface area (Å²) >= 11 is 0. The van der Waals surface area contributed by atoms with Crippen LogP contribution in [0.5, 0.6) is 0 Å². The van der Waals surface area contributed by atoms with Crippen molar-refractivity contribution in [3.8, 4) is 0 Å². The van der Waals surface area contributed by atoms with Gasteiger partial charge in [0.25, 0.3) is 0 Å². The number of ether oxygens (including phenoxy) is 1. The maximum Gasteiger partial charge on any atom is 0.401 e. The van der Waals surface area contributed by atoms with Crippen LogP contribution < -0.4 is 5.32 Å². The van der Waals surface area contributed by atoms with Gasteiger partial charge in [0.1, 0.15) is 0 Å². The van der Waals surface area contributed by atoms with Crippen molar-refractivity contribution in [3.05, 3.63) is 35.4 Å². The minimum atomic E-state index is -4.26. The minimum Gasteiger partial charge on any atom is -0.465 e. The molecule has 1 N–H and O–H groups in total. The number of esters is 1. The maximum absolute atomic E-state index is 11.9. The van der Waals surface area contributed by atoms with Gasteiger partial charge in [-0.25, -0.2) is 4.79 Å². The Balaban J connectivity index is 2.68. The lowest BCUT2D eigenvalue weighted by atomic mass is 10.1. The zero-order valence-corrected chi connectivity index (χ0v) is 9.17. The Labute approximate surface area is 96.6 Å². The predicted octanol–water partition coefficient (Wildman–Crippen LogP) is 2.13. The van der Waals surface area contributed by atoms with Gasteiger partial charge in [0.2, 0.25) is 0 Å². The van der Waals surface area contributed by atoms with E-state index in [0.717, 1.165) is 0 Å². The van der Waals surface area contributed by atoms with Crippen LogP contribution in [-0.2, 0) is 11.3 Å². The summed E-state index contributed by atoms with van der Waals surface area (Å²) in [7, 11) is 1.22. The number of alkyl halides is 3. The Morgan fingerprint density at radius 1 is 1.35 bits per heavy atom. The van der Waals surface area contributed by atoms with Crippen LogP contribution in [0.25, 0.3) is 0 Å². The molecule has 6 heteroatoms. The van der Waals surface area contributed by atoms with E-state index in [4.69, 9.17) is 0 Å². The van der Waals surface area contributed by atoms with Crippen molar-refractivity contribution in [1.82, 2.24) is 5.32 Å². The molecule has 0 bridgehead atoms. The van der Waals surface area contributed by atoms with Crippen molar-refractivity contribution in [1.29, 1.82) is 0 Å². The van der Waals surface area contributed by atoms with Crippen molar-refractivity contribution < 1.29 is 22.7 Å². The zero-order chi connectivity index (χ0) is 12.9. The van der Waals surface area contributed by atoms with Gasteiger partial charge in [0.05, 0.1) is 19.2 Å². The van der Waals surface area contributed by atoms with Gasteiger partial charge in [0, 0.05) is 6.54 Å². The summed E-state index contributed by atoms with van der Waals surface area (Å²) < 4.78 is 40.3. The molecule has 0 aromatic heterocycles. The van der Waals surface area contributed by atoms with Gasteiger partial charge in [-0.05, 0) is 11.6 Å². The van der Waals surface area contributed by atoms with Gasteiger partial charge in [-0.3, -0.25) is 0 Å². The minimum absolute atomic E-state index is 0.0369. The summed E-state index contributed by atoms with van der Waals surface area (Å²) in [4.78, 5) is 11.3. The number of benzene rings is 1. The highest BCUT2D eigenvalue weighted by molar-refractivity contribution is 5.90. The fraction of sp³-hybridized carbons (Fsp3) is 0.364. The number of carbonyl (C=O) groups is 1. The van der Waals surface area contributed by atoms with Crippen molar-refractivity contribution in [2.75, 3.05) is 13.7 Å². The molecule has 1 aromatic carbocycles. The van der Waals surface area contributed by atoms with Crippen LogP contribution in [0, 0.1) is 0 Å². The SMILES string of the molecule is COC(=O)c1ccccc1CNCC(F)(F)F. The third-order valence-electron chi connectivity index (χ3n) is 2.06. The predicted molar refractivity (Wildman–Crippen MR) is 55.5 cm³/mol. The Bertz CT molecular complexity index is 391. The van der Waals surface area contributed by atoms with E-state index in [0.29, 0.717) is 5.56 Å². The van der Waals surface area contributed by atoms with E-state index in [1.807, 2.05) is 0 Å². The highest BCUT2D eigenvalue weighted by Crippen LogP contribution is 2.14. The standard InChI is InChI=1S/C11H12F3NO2/c1-17-10(16)9-5-3-2-4-8(9)6-15-7-11(12,13)14/h2-5,15H,6-7H2,1H3. The van der Waals surface area contributed by atoms with Crippen LogP contribution in [0.4, 0.5) is 13.2 Å². The molecule has 1 rings (SSSR count). The lowest BCUT2D eigenvalue weighted by molar-refractivity contribution is -0.125. The molecule has 0 spiro atoms. The van der Waals surface area contributed by atoms with Crippen LogP contribution in [0.1, 0.15) is 15.9 Å². The summed E-state index contributed by atoms with van der Waals surface area (Å²) in [5.41, 5.74) is 0.744. The molecular weight excluding hydrogens is 235 g/mol. The van der Waals surface area contributed by atoms with Crippen molar-refractivity contribution in [2.24, 2.45) is 0 Å². The summed E-state index contributed by atoms with van der Waals surface area (Å²) in [5, 5.41) is 2.23. The first-order valence-electron chi connectivity index (χ1n) is 4.88. The zero-order valence-electron chi connectivity index (χ0n) is 9.17. The van der Waals surface area contributed by atoms with Crippen LogP contribution in [0.2, 0.25) is 0 Å². The van der Waals surface area contributed by atoms with Crippen molar-refractivity contribution in [3.63, 3.8) is 0 Å². The maximum atomic E-state index is 11.9. The molecule has 17 heavy (non-hydrogen) atoms. The Kier molecular flexibility index (Phi) is 4.51. The second kappa shape index (κ2) is 5.67. The number of nitrogens with one attached hydrogen (secondary N) is 1. The molecule has 0 fully saturated rings. The van der Waals surface area contributed by atoms with Gasteiger partial charge >= 0.3 is 12.1 Å². The van der Waals surface area contributed by atoms with Gasteiger partial charge in [-0.2, -0.15) is 13.2 Å². The van der Waals surface area contributed by atoms with Gasteiger partial charge in [-0.15, -0.1) is 0 Å². The molecule has 94 valence electrons. The average Bonchev–Trinajstić information content (AvgIpc) is 2.27. The van der Waals surface area contributed by atoms with E-state index in [1.165, 1.54) is 13.2 Å². The molecule has 0 saturated heterocycles. The van der Waals surface area contributed by atoms with Crippen molar-refractivity contribution in [2.45, 2.75) is 12.7 Å². The van der Waals surface area contributed by atoms with E-state index in [2.05, 4.69) is 10.1 Å². The van der Waals surface area contributed by atoms with Crippen LogP contribution in [-0.4, -0.2) is 25.8 Å². The second-order valence-electron chi connectivity index (χ2n) is 3.37. The van der Waals surface area contributed by atoms with Crippen molar-refractivity contribution >= 4 is 5.97 Å². The third kappa shape index (κ3) is 4.44. The van der Waals surface area contributed by atoms with Crippen LogP contribution in [0.3, 0.4) is 0 Å². The van der Waals surface area contributed by atoms with Crippen LogP contribution in [0.15, 0.2) is 24.3 Å². The normalized spacial score (nSPS) is 11.3. The van der Waals surface area contributed by atoms with Crippen LogP contribution >= 0.6 is 0 Å². The lowest BCUT2D eigenvalue weighted by Crippen LogP contribution is -2.28. The fourth-order valence-corrected chi connectivity index (χ4v) is 1.32. The van der Waals surface area contributed by atoms with E-state index in [9.17, 15) is 18.0 Å². The first kappa shape index (κ1) is 13.5. The molecule has 0 radical (unpaired) electrons. The smallest absolute Gasteiger partial charge is 0.401 e. The van der Waals surface area contributed by atoms with E-state index in [-0.39, 0.29) is 12.1 Å². The summed E-state index contributed by atoms with van der Waals surface area (Å²) in [6.45, 7) is -1.13.